The molecule has 0 saturated carbocycles. The first kappa shape index (κ1) is 17.4. The molecule has 7 nitrogen and oxygen atoms in total. The monoisotopic (exact) mass is 320 g/mol. The Kier molecular flexibility index (Phi) is 6.49. The molecule has 0 radical (unpaired) electrons. The summed E-state index contributed by atoms with van der Waals surface area (Å²) in [4.78, 5) is 32.2. The Morgan fingerprint density at radius 3 is 2.57 bits per heavy atom. The molecule has 1 aliphatic heterocycles. The first-order chi connectivity index (χ1) is 11.2. The minimum Gasteiger partial charge on any atom is -0.395 e. The van der Waals surface area contributed by atoms with Crippen LogP contribution in [0.25, 0.3) is 0 Å². The highest BCUT2D eigenvalue weighted by Crippen LogP contribution is 2.08. The summed E-state index contributed by atoms with van der Waals surface area (Å²) in [6.07, 6.45) is 2.32. The van der Waals surface area contributed by atoms with Gasteiger partial charge in [0.15, 0.2) is 0 Å². The molecule has 2 amide bonds. The summed E-state index contributed by atoms with van der Waals surface area (Å²) in [6.45, 7) is 6.14. The minimum absolute atomic E-state index is 0.117. The van der Waals surface area contributed by atoms with E-state index in [1.54, 1.807) is 17.0 Å². The van der Waals surface area contributed by atoms with E-state index in [1.807, 2.05) is 6.92 Å². The third-order valence-corrected chi connectivity index (χ3v) is 3.86. The molecule has 1 aliphatic rings. The van der Waals surface area contributed by atoms with Crippen molar-refractivity contribution in [3.63, 3.8) is 0 Å². The van der Waals surface area contributed by atoms with E-state index in [0.29, 0.717) is 37.4 Å². The number of nitrogens with zero attached hydrogens (tertiary/aromatic N) is 3. The molecule has 0 aromatic carbocycles. The van der Waals surface area contributed by atoms with E-state index in [-0.39, 0.29) is 18.4 Å². The number of rotatable bonds is 6. The molecule has 0 spiro atoms. The van der Waals surface area contributed by atoms with Gasteiger partial charge < -0.3 is 15.3 Å². The summed E-state index contributed by atoms with van der Waals surface area (Å²) in [5.41, 5.74) is 0.815. The molecule has 1 aromatic rings. The van der Waals surface area contributed by atoms with E-state index < -0.39 is 0 Å². The van der Waals surface area contributed by atoms with Crippen LogP contribution in [0.15, 0.2) is 18.3 Å². The molecular formula is C16H24N4O3. The maximum atomic E-state index is 12.4. The zero-order valence-corrected chi connectivity index (χ0v) is 13.5. The van der Waals surface area contributed by atoms with E-state index in [4.69, 9.17) is 5.11 Å². The summed E-state index contributed by atoms with van der Waals surface area (Å²) in [7, 11) is 0. The molecule has 0 aliphatic carbocycles. The number of hydrogen-bond acceptors (Lipinski definition) is 5. The second kappa shape index (κ2) is 8.59. The van der Waals surface area contributed by atoms with Crippen molar-refractivity contribution in [3.8, 4) is 0 Å². The summed E-state index contributed by atoms with van der Waals surface area (Å²) in [5.74, 6) is -0.287. The lowest BCUT2D eigenvalue weighted by Crippen LogP contribution is -2.49. The van der Waals surface area contributed by atoms with Gasteiger partial charge in [0.2, 0.25) is 0 Å². The Morgan fingerprint density at radius 1 is 1.26 bits per heavy atom. The Labute approximate surface area is 136 Å². The van der Waals surface area contributed by atoms with Crippen molar-refractivity contribution in [2.45, 2.75) is 13.3 Å². The Balaban J connectivity index is 1.92. The third kappa shape index (κ3) is 4.74. The first-order valence-electron chi connectivity index (χ1n) is 8.02. The molecule has 126 valence electrons. The lowest BCUT2D eigenvalue weighted by Gasteiger charge is -2.34. The number of pyridine rings is 1. The van der Waals surface area contributed by atoms with Crippen LogP contribution >= 0.6 is 0 Å². The van der Waals surface area contributed by atoms with Crippen molar-refractivity contribution in [1.29, 1.82) is 0 Å². The van der Waals surface area contributed by atoms with Gasteiger partial charge in [-0.15, -0.1) is 0 Å². The fourth-order valence-electron chi connectivity index (χ4n) is 2.47. The minimum atomic E-state index is -0.170. The lowest BCUT2D eigenvalue weighted by molar-refractivity contribution is 0.0609. The molecule has 1 fully saturated rings. The summed E-state index contributed by atoms with van der Waals surface area (Å²) < 4.78 is 0. The van der Waals surface area contributed by atoms with E-state index in [9.17, 15) is 9.59 Å². The van der Waals surface area contributed by atoms with Gasteiger partial charge >= 0.3 is 0 Å². The van der Waals surface area contributed by atoms with Crippen LogP contribution in [0.1, 0.15) is 34.2 Å². The van der Waals surface area contributed by atoms with Crippen LogP contribution in [0.3, 0.4) is 0 Å². The van der Waals surface area contributed by atoms with Crippen LogP contribution in [0.2, 0.25) is 0 Å². The number of aliphatic hydroxyl groups excluding tert-OH is 1. The molecule has 1 saturated heterocycles. The topological polar surface area (TPSA) is 85.8 Å². The summed E-state index contributed by atoms with van der Waals surface area (Å²) in [6, 6.07) is 3.23. The zero-order chi connectivity index (χ0) is 16.7. The van der Waals surface area contributed by atoms with Gasteiger partial charge in [0.1, 0.15) is 5.69 Å². The first-order valence-corrected chi connectivity index (χ1v) is 8.02. The lowest BCUT2D eigenvalue weighted by atomic mass is 10.2. The summed E-state index contributed by atoms with van der Waals surface area (Å²) >= 11 is 0. The van der Waals surface area contributed by atoms with Crippen LogP contribution in [-0.4, -0.2) is 77.6 Å². The van der Waals surface area contributed by atoms with Crippen molar-refractivity contribution >= 4 is 11.8 Å². The average molecular weight is 320 g/mol. The number of hydrogen-bond donors (Lipinski definition) is 2. The highest BCUT2D eigenvalue weighted by molar-refractivity contribution is 5.96. The molecule has 0 atom stereocenters. The summed E-state index contributed by atoms with van der Waals surface area (Å²) in [5, 5.41) is 11.7. The predicted octanol–water partition coefficient (Wildman–Crippen LogP) is -0.0285. The second-order valence-corrected chi connectivity index (χ2v) is 5.55. The Hall–Kier alpha value is -1.99. The van der Waals surface area contributed by atoms with Crippen LogP contribution in [0, 0.1) is 0 Å². The number of carbonyl (C=O) groups is 2. The molecular weight excluding hydrogens is 296 g/mol. The van der Waals surface area contributed by atoms with E-state index >= 15 is 0 Å². The number of carbonyl (C=O) groups excluding carboxylic acids is 2. The van der Waals surface area contributed by atoms with Crippen molar-refractivity contribution in [3.05, 3.63) is 29.6 Å². The largest absolute Gasteiger partial charge is 0.395 e. The molecule has 7 heteroatoms. The second-order valence-electron chi connectivity index (χ2n) is 5.55. The van der Waals surface area contributed by atoms with E-state index in [1.165, 1.54) is 6.20 Å². The molecule has 0 bridgehead atoms. The highest BCUT2D eigenvalue weighted by atomic mass is 16.3. The number of piperazine rings is 1. The maximum Gasteiger partial charge on any atom is 0.272 e. The fourth-order valence-corrected chi connectivity index (χ4v) is 2.47. The zero-order valence-electron chi connectivity index (χ0n) is 13.5. The molecule has 2 heterocycles. The van der Waals surface area contributed by atoms with Gasteiger partial charge in [-0.3, -0.25) is 19.5 Å². The normalized spacial score (nSPS) is 15.5. The average Bonchev–Trinajstić information content (AvgIpc) is 2.60. The smallest absolute Gasteiger partial charge is 0.272 e. The van der Waals surface area contributed by atoms with Crippen molar-refractivity contribution in [2.75, 3.05) is 45.9 Å². The Morgan fingerprint density at radius 2 is 2.00 bits per heavy atom. The van der Waals surface area contributed by atoms with Crippen LogP contribution in [-0.2, 0) is 0 Å². The van der Waals surface area contributed by atoms with Crippen molar-refractivity contribution < 1.29 is 14.7 Å². The Bertz CT molecular complexity index is 525. The number of β-amino-alcohol motifs (C(OH)–C–C–N with tert-alkyl or cyclic N) is 1. The van der Waals surface area contributed by atoms with Gasteiger partial charge in [-0.25, -0.2) is 0 Å². The number of aromatic nitrogens is 1. The number of nitrogens with one attached hydrogen (secondary N) is 1. The van der Waals surface area contributed by atoms with Gasteiger partial charge in [-0.2, -0.15) is 0 Å². The van der Waals surface area contributed by atoms with Crippen LogP contribution in [0.5, 0.6) is 0 Å². The maximum absolute atomic E-state index is 12.4. The van der Waals surface area contributed by atoms with Crippen molar-refractivity contribution in [1.82, 2.24) is 20.1 Å². The number of amides is 2. The van der Waals surface area contributed by atoms with Crippen LogP contribution in [0.4, 0.5) is 0 Å². The van der Waals surface area contributed by atoms with Gasteiger partial charge in [0.25, 0.3) is 11.8 Å². The van der Waals surface area contributed by atoms with Gasteiger partial charge in [-0.05, 0) is 18.6 Å². The molecule has 0 unspecified atom stereocenters. The predicted molar refractivity (Wildman–Crippen MR) is 86.3 cm³/mol. The van der Waals surface area contributed by atoms with Crippen LogP contribution < -0.4 is 5.32 Å². The molecule has 1 aromatic heterocycles. The third-order valence-electron chi connectivity index (χ3n) is 3.86. The van der Waals surface area contributed by atoms with Gasteiger partial charge in [-0.1, -0.05) is 6.92 Å². The molecule has 23 heavy (non-hydrogen) atoms. The van der Waals surface area contributed by atoms with E-state index in [0.717, 1.165) is 19.5 Å². The SMILES string of the molecule is CCCNC(=O)c1ccc(C(=O)N2CCN(CCO)CC2)nc1. The van der Waals surface area contributed by atoms with Crippen molar-refractivity contribution in [2.24, 2.45) is 0 Å². The highest BCUT2D eigenvalue weighted by Gasteiger charge is 2.22. The quantitative estimate of drug-likeness (QED) is 0.769. The molecule has 2 N–H and O–H groups in total. The molecule has 2 rings (SSSR count). The number of aliphatic hydroxyl groups is 1. The van der Waals surface area contributed by atoms with Gasteiger partial charge in [0, 0.05) is 45.5 Å². The standard InChI is InChI=1S/C16H24N4O3/c1-2-5-17-15(22)13-3-4-14(18-12-13)16(23)20-8-6-19(7-9-20)10-11-21/h3-4,12,21H,2,5-11H2,1H3,(H,17,22). The fraction of sp³-hybridized carbons (Fsp3) is 0.562. The van der Waals surface area contributed by atoms with Gasteiger partial charge in [0.05, 0.1) is 12.2 Å². The van der Waals surface area contributed by atoms with E-state index in [2.05, 4.69) is 15.2 Å².